The Labute approximate surface area is 102 Å². The molecule has 3 nitrogen and oxygen atoms in total. The van der Waals surface area contributed by atoms with E-state index in [9.17, 15) is 4.79 Å². The fraction of sp³-hybridized carbons (Fsp3) is 0.500. The Morgan fingerprint density at radius 2 is 2.24 bits per heavy atom. The molecule has 1 aromatic carbocycles. The number of fused-ring (bicyclic) bond motifs is 3. The van der Waals surface area contributed by atoms with Gasteiger partial charge in [0.1, 0.15) is 0 Å². The molecule has 3 unspecified atom stereocenters. The fourth-order valence-electron chi connectivity index (χ4n) is 3.04. The van der Waals surface area contributed by atoms with Gasteiger partial charge in [-0.05, 0) is 30.5 Å². The third-order valence-corrected chi connectivity index (χ3v) is 3.97. The first-order chi connectivity index (χ1) is 8.31. The van der Waals surface area contributed by atoms with Crippen LogP contribution in [0.4, 0.5) is 0 Å². The number of benzene rings is 1. The normalized spacial score (nSPS) is 28.4. The summed E-state index contributed by atoms with van der Waals surface area (Å²) in [7, 11) is 1.87. The fourth-order valence-corrected chi connectivity index (χ4v) is 3.04. The van der Waals surface area contributed by atoms with E-state index in [4.69, 9.17) is 0 Å². The molecule has 1 amide bonds. The molecule has 0 bridgehead atoms. The molecule has 0 radical (unpaired) electrons. The zero-order valence-electron chi connectivity index (χ0n) is 10.1. The highest BCUT2D eigenvalue weighted by atomic mass is 16.1. The largest absolute Gasteiger partial charge is 0.352 e. The van der Waals surface area contributed by atoms with Gasteiger partial charge in [0.2, 0.25) is 5.91 Å². The first-order valence-corrected chi connectivity index (χ1v) is 6.33. The first-order valence-electron chi connectivity index (χ1n) is 6.33. The summed E-state index contributed by atoms with van der Waals surface area (Å²) in [6.07, 6.45) is 1.71. The molecule has 2 aliphatic carbocycles. The van der Waals surface area contributed by atoms with Crippen molar-refractivity contribution in [2.24, 2.45) is 5.92 Å². The highest BCUT2D eigenvalue weighted by Crippen LogP contribution is 2.56. The van der Waals surface area contributed by atoms with Crippen LogP contribution in [0.25, 0.3) is 0 Å². The van der Waals surface area contributed by atoms with Gasteiger partial charge in [-0.25, -0.2) is 0 Å². The maximum Gasteiger partial charge on any atom is 0.221 e. The summed E-state index contributed by atoms with van der Waals surface area (Å²) >= 11 is 0. The van der Waals surface area contributed by atoms with Crippen LogP contribution in [0, 0.1) is 5.92 Å². The van der Waals surface area contributed by atoms with E-state index >= 15 is 0 Å². The average molecular weight is 230 g/mol. The minimum atomic E-state index is 0.177. The molecule has 0 saturated heterocycles. The molecule has 0 aliphatic heterocycles. The third-order valence-electron chi connectivity index (χ3n) is 3.97. The van der Waals surface area contributed by atoms with Crippen LogP contribution in [0.1, 0.15) is 23.5 Å². The van der Waals surface area contributed by atoms with Gasteiger partial charge in [-0.3, -0.25) is 4.79 Å². The molecule has 3 heteroatoms. The topological polar surface area (TPSA) is 41.1 Å². The number of amides is 1. The monoisotopic (exact) mass is 230 g/mol. The molecule has 90 valence electrons. The summed E-state index contributed by atoms with van der Waals surface area (Å²) < 4.78 is 0. The van der Waals surface area contributed by atoms with Crippen LogP contribution in [0.15, 0.2) is 24.3 Å². The third kappa shape index (κ3) is 1.84. The number of hydrogen-bond acceptors (Lipinski definition) is 2. The van der Waals surface area contributed by atoms with Gasteiger partial charge in [0.25, 0.3) is 0 Å². The van der Waals surface area contributed by atoms with E-state index in [2.05, 4.69) is 34.9 Å². The average Bonchev–Trinajstić information content (AvgIpc) is 2.86. The Hall–Kier alpha value is -1.35. The molecular formula is C14H18N2O. The van der Waals surface area contributed by atoms with E-state index in [0.29, 0.717) is 24.3 Å². The van der Waals surface area contributed by atoms with Gasteiger partial charge in [0, 0.05) is 24.9 Å². The van der Waals surface area contributed by atoms with E-state index in [0.717, 1.165) is 13.0 Å². The van der Waals surface area contributed by atoms with Crippen molar-refractivity contribution in [3.8, 4) is 0 Å². The van der Waals surface area contributed by atoms with Gasteiger partial charge >= 0.3 is 0 Å². The van der Waals surface area contributed by atoms with Crippen molar-refractivity contribution in [3.05, 3.63) is 35.4 Å². The van der Waals surface area contributed by atoms with Crippen LogP contribution in [0.5, 0.6) is 0 Å². The minimum absolute atomic E-state index is 0.177. The van der Waals surface area contributed by atoms with Crippen molar-refractivity contribution in [3.63, 3.8) is 0 Å². The lowest BCUT2D eigenvalue weighted by Gasteiger charge is -2.09. The summed E-state index contributed by atoms with van der Waals surface area (Å²) in [5.74, 6) is 1.42. The van der Waals surface area contributed by atoms with Crippen LogP contribution in [0.2, 0.25) is 0 Å². The lowest BCUT2D eigenvalue weighted by atomic mass is 10.1. The quantitative estimate of drug-likeness (QED) is 0.812. The molecule has 3 rings (SSSR count). The van der Waals surface area contributed by atoms with Crippen molar-refractivity contribution in [2.45, 2.75) is 24.8 Å². The zero-order valence-corrected chi connectivity index (χ0v) is 10.1. The smallest absolute Gasteiger partial charge is 0.221 e. The van der Waals surface area contributed by atoms with Crippen molar-refractivity contribution in [1.29, 1.82) is 0 Å². The Morgan fingerprint density at radius 1 is 1.41 bits per heavy atom. The standard InChI is InChI=1S/C14H18N2O/c1-15-7-6-12(17)16-14-11-8-9-4-2-3-5-10(9)13(11)14/h2-5,11,13-15H,6-8H2,1H3,(H,16,17). The van der Waals surface area contributed by atoms with Crippen LogP contribution < -0.4 is 10.6 Å². The molecule has 2 N–H and O–H groups in total. The van der Waals surface area contributed by atoms with Crippen molar-refractivity contribution >= 4 is 5.91 Å². The maximum absolute atomic E-state index is 11.6. The van der Waals surface area contributed by atoms with Gasteiger partial charge in [-0.15, -0.1) is 0 Å². The summed E-state index contributed by atoms with van der Waals surface area (Å²) in [5, 5.41) is 6.15. The number of nitrogens with one attached hydrogen (secondary N) is 2. The van der Waals surface area contributed by atoms with E-state index in [1.807, 2.05) is 7.05 Å². The van der Waals surface area contributed by atoms with Crippen molar-refractivity contribution in [1.82, 2.24) is 10.6 Å². The molecule has 1 fully saturated rings. The highest BCUT2D eigenvalue weighted by Gasteiger charge is 2.56. The predicted octanol–water partition coefficient (Wildman–Crippen LogP) is 1.05. The van der Waals surface area contributed by atoms with E-state index in [1.54, 1.807) is 0 Å². The molecule has 17 heavy (non-hydrogen) atoms. The van der Waals surface area contributed by atoms with Crippen LogP contribution in [-0.4, -0.2) is 25.5 Å². The zero-order chi connectivity index (χ0) is 11.8. The number of hydrogen-bond donors (Lipinski definition) is 2. The second-order valence-electron chi connectivity index (χ2n) is 5.04. The lowest BCUT2D eigenvalue weighted by Crippen LogP contribution is -2.30. The molecule has 2 aliphatic rings. The van der Waals surface area contributed by atoms with Gasteiger partial charge in [0.05, 0.1) is 0 Å². The van der Waals surface area contributed by atoms with Crippen LogP contribution in [-0.2, 0) is 11.2 Å². The number of carbonyl (C=O) groups is 1. The Kier molecular flexibility index (Phi) is 2.63. The Bertz CT molecular complexity index is 444. The summed E-state index contributed by atoms with van der Waals surface area (Å²) in [5.41, 5.74) is 2.93. The van der Waals surface area contributed by atoms with Crippen molar-refractivity contribution < 1.29 is 4.79 Å². The minimum Gasteiger partial charge on any atom is -0.352 e. The first kappa shape index (κ1) is 10.8. The summed E-state index contributed by atoms with van der Waals surface area (Å²) in [6, 6.07) is 9.01. The molecule has 1 saturated carbocycles. The number of rotatable bonds is 4. The second-order valence-corrected chi connectivity index (χ2v) is 5.04. The van der Waals surface area contributed by atoms with Gasteiger partial charge in [-0.1, -0.05) is 24.3 Å². The molecule has 0 spiro atoms. The molecule has 3 atom stereocenters. The molecule has 0 heterocycles. The van der Waals surface area contributed by atoms with Crippen LogP contribution in [0.3, 0.4) is 0 Å². The molecular weight excluding hydrogens is 212 g/mol. The van der Waals surface area contributed by atoms with Gasteiger partial charge < -0.3 is 10.6 Å². The lowest BCUT2D eigenvalue weighted by molar-refractivity contribution is -0.121. The summed E-state index contributed by atoms with van der Waals surface area (Å²) in [6.45, 7) is 0.754. The Balaban J connectivity index is 1.60. The second kappa shape index (κ2) is 4.15. The van der Waals surface area contributed by atoms with Gasteiger partial charge in [0.15, 0.2) is 0 Å². The predicted molar refractivity (Wildman–Crippen MR) is 66.9 cm³/mol. The maximum atomic E-state index is 11.6. The Morgan fingerprint density at radius 3 is 3.06 bits per heavy atom. The van der Waals surface area contributed by atoms with Gasteiger partial charge in [-0.2, -0.15) is 0 Å². The van der Waals surface area contributed by atoms with E-state index in [1.165, 1.54) is 11.1 Å². The van der Waals surface area contributed by atoms with E-state index < -0.39 is 0 Å². The summed E-state index contributed by atoms with van der Waals surface area (Å²) in [4.78, 5) is 11.6. The SMILES string of the molecule is CNCCC(=O)NC1C2Cc3ccccc3C21. The van der Waals surface area contributed by atoms with Crippen LogP contribution >= 0.6 is 0 Å². The van der Waals surface area contributed by atoms with E-state index in [-0.39, 0.29) is 5.91 Å². The highest BCUT2D eigenvalue weighted by molar-refractivity contribution is 5.77. The number of carbonyl (C=O) groups excluding carboxylic acids is 1. The molecule has 1 aromatic rings. The molecule has 0 aromatic heterocycles. The van der Waals surface area contributed by atoms with Crippen molar-refractivity contribution in [2.75, 3.05) is 13.6 Å².